The Kier molecular flexibility index (Phi) is 4.84. The van der Waals surface area contributed by atoms with Crippen molar-refractivity contribution in [2.24, 2.45) is 5.92 Å². The van der Waals surface area contributed by atoms with Crippen LogP contribution in [0.5, 0.6) is 0 Å². The van der Waals surface area contributed by atoms with E-state index >= 15 is 0 Å². The van der Waals surface area contributed by atoms with E-state index in [0.29, 0.717) is 11.5 Å². The van der Waals surface area contributed by atoms with Gasteiger partial charge in [0.2, 0.25) is 0 Å². The van der Waals surface area contributed by atoms with E-state index in [1.807, 2.05) is 6.07 Å². The van der Waals surface area contributed by atoms with Gasteiger partial charge < -0.3 is 9.64 Å². The molecule has 5 heteroatoms. The highest BCUT2D eigenvalue weighted by Crippen LogP contribution is 2.31. The molecule has 0 amide bonds. The van der Waals surface area contributed by atoms with Gasteiger partial charge in [-0.1, -0.05) is 12.8 Å². The Balaban J connectivity index is 1.43. The van der Waals surface area contributed by atoms with Crippen LogP contribution in [0.1, 0.15) is 38.5 Å². The molecule has 3 nitrogen and oxygen atoms in total. The van der Waals surface area contributed by atoms with Crippen molar-refractivity contribution in [1.29, 1.82) is 0 Å². The summed E-state index contributed by atoms with van der Waals surface area (Å²) in [6.07, 6.45) is 9.10. The van der Waals surface area contributed by atoms with Crippen LogP contribution < -0.4 is 4.90 Å². The van der Waals surface area contributed by atoms with Gasteiger partial charge in [0, 0.05) is 43.0 Å². The Labute approximate surface area is 147 Å². The van der Waals surface area contributed by atoms with Gasteiger partial charge in [0.1, 0.15) is 11.3 Å². The fourth-order valence-electron chi connectivity index (χ4n) is 4.15. The summed E-state index contributed by atoms with van der Waals surface area (Å²) in [7, 11) is 0. The number of benzene rings is 1. The Hall–Kier alpha value is -1.75. The van der Waals surface area contributed by atoms with Gasteiger partial charge in [-0.15, -0.1) is 0 Å². The van der Waals surface area contributed by atoms with Crippen LogP contribution in [0.4, 0.5) is 14.5 Å². The number of pyridine rings is 1. The average molecular weight is 346 g/mol. The van der Waals surface area contributed by atoms with Gasteiger partial charge in [-0.05, 0) is 43.7 Å². The quantitative estimate of drug-likeness (QED) is 0.803. The zero-order chi connectivity index (χ0) is 17.2. The molecular formula is C20H24F2N2O. The van der Waals surface area contributed by atoms with Crippen LogP contribution in [0.15, 0.2) is 24.4 Å². The number of fused-ring (bicyclic) bond motifs is 1. The molecular weight excluding hydrogens is 322 g/mol. The number of aromatic nitrogens is 1. The van der Waals surface area contributed by atoms with Crippen LogP contribution in [-0.2, 0) is 4.74 Å². The third kappa shape index (κ3) is 3.61. The molecule has 2 aliphatic rings. The van der Waals surface area contributed by atoms with Gasteiger partial charge >= 0.3 is 0 Å². The first-order valence-electron chi connectivity index (χ1n) is 9.31. The zero-order valence-electron chi connectivity index (χ0n) is 14.4. The van der Waals surface area contributed by atoms with E-state index in [4.69, 9.17) is 4.74 Å². The van der Waals surface area contributed by atoms with E-state index in [-0.39, 0.29) is 5.52 Å². The number of ether oxygens (including phenoxy) is 1. The monoisotopic (exact) mass is 346 g/mol. The van der Waals surface area contributed by atoms with Crippen molar-refractivity contribution >= 4 is 16.6 Å². The summed E-state index contributed by atoms with van der Waals surface area (Å²) in [6.45, 7) is 2.57. The van der Waals surface area contributed by atoms with Gasteiger partial charge in [-0.25, -0.2) is 8.78 Å². The minimum absolute atomic E-state index is 0.235. The Bertz CT molecular complexity index is 738. The maximum atomic E-state index is 14.0. The highest BCUT2D eigenvalue weighted by Gasteiger charge is 2.24. The van der Waals surface area contributed by atoms with Crippen molar-refractivity contribution in [2.75, 3.05) is 24.6 Å². The van der Waals surface area contributed by atoms with Gasteiger partial charge in [-0.2, -0.15) is 0 Å². The number of halogens is 2. The van der Waals surface area contributed by atoms with Crippen LogP contribution in [0.25, 0.3) is 10.9 Å². The predicted octanol–water partition coefficient (Wildman–Crippen LogP) is 4.69. The molecule has 1 saturated carbocycles. The van der Waals surface area contributed by atoms with E-state index in [1.165, 1.54) is 31.7 Å². The fraction of sp³-hybridized carbons (Fsp3) is 0.550. The highest BCUT2D eigenvalue weighted by molar-refractivity contribution is 5.92. The van der Waals surface area contributed by atoms with Crippen LogP contribution in [0.3, 0.4) is 0 Å². The molecule has 2 aromatic rings. The molecule has 0 unspecified atom stereocenters. The number of hydrogen-bond donors (Lipinski definition) is 0. The molecule has 1 saturated heterocycles. The smallest absolute Gasteiger partial charge is 0.152 e. The lowest BCUT2D eigenvalue weighted by molar-refractivity contribution is 0.0165. The molecule has 0 radical (unpaired) electrons. The third-order valence-electron chi connectivity index (χ3n) is 5.57. The molecule has 4 rings (SSSR count). The zero-order valence-corrected chi connectivity index (χ0v) is 14.4. The van der Waals surface area contributed by atoms with Crippen molar-refractivity contribution in [1.82, 2.24) is 4.98 Å². The van der Waals surface area contributed by atoms with E-state index in [2.05, 4.69) is 9.88 Å². The number of piperidine rings is 1. The topological polar surface area (TPSA) is 25.4 Å². The SMILES string of the molecule is Fc1cc(F)c2nccc(N3CCC(OCC4CCCC4)CC3)c2c1. The average Bonchev–Trinajstić information content (AvgIpc) is 3.13. The Morgan fingerprint density at radius 3 is 2.60 bits per heavy atom. The second kappa shape index (κ2) is 7.24. The summed E-state index contributed by atoms with van der Waals surface area (Å²) >= 11 is 0. The van der Waals surface area contributed by atoms with E-state index in [0.717, 1.165) is 50.2 Å². The first-order valence-corrected chi connectivity index (χ1v) is 9.31. The van der Waals surface area contributed by atoms with Crippen molar-refractivity contribution in [2.45, 2.75) is 44.6 Å². The van der Waals surface area contributed by atoms with Gasteiger partial charge in [0.15, 0.2) is 5.82 Å². The maximum Gasteiger partial charge on any atom is 0.152 e. The Morgan fingerprint density at radius 1 is 1.08 bits per heavy atom. The summed E-state index contributed by atoms with van der Waals surface area (Å²) in [5.74, 6) is -0.422. The van der Waals surface area contributed by atoms with Crippen LogP contribution in [0.2, 0.25) is 0 Å². The number of nitrogens with zero attached hydrogens (tertiary/aromatic N) is 2. The molecule has 1 aromatic heterocycles. The molecule has 0 atom stereocenters. The first-order chi connectivity index (χ1) is 12.2. The molecule has 2 fully saturated rings. The summed E-state index contributed by atoms with van der Waals surface area (Å²) in [5, 5.41) is 0.547. The second-order valence-corrected chi connectivity index (χ2v) is 7.28. The first kappa shape index (κ1) is 16.7. The van der Waals surface area contributed by atoms with Gasteiger partial charge in [0.05, 0.1) is 6.10 Å². The standard InChI is InChI=1S/C20H24F2N2O/c21-15-11-17-19(5-8-23-20(17)18(22)12-15)24-9-6-16(7-10-24)25-13-14-3-1-2-4-14/h5,8,11-12,14,16H,1-4,6-7,9-10,13H2. The van der Waals surface area contributed by atoms with E-state index in [9.17, 15) is 8.78 Å². The van der Waals surface area contributed by atoms with Crippen LogP contribution in [0, 0.1) is 17.6 Å². The third-order valence-corrected chi connectivity index (χ3v) is 5.57. The minimum Gasteiger partial charge on any atom is -0.378 e. The lowest BCUT2D eigenvalue weighted by Crippen LogP contribution is -2.37. The normalized spacial score (nSPS) is 19.8. The number of hydrogen-bond acceptors (Lipinski definition) is 3. The van der Waals surface area contributed by atoms with Crippen molar-refractivity contribution in [3.8, 4) is 0 Å². The number of rotatable bonds is 4. The van der Waals surface area contributed by atoms with Gasteiger partial charge in [0.25, 0.3) is 0 Å². The Morgan fingerprint density at radius 2 is 1.84 bits per heavy atom. The van der Waals surface area contributed by atoms with Crippen LogP contribution >= 0.6 is 0 Å². The largest absolute Gasteiger partial charge is 0.378 e. The number of anilines is 1. The molecule has 2 heterocycles. The highest BCUT2D eigenvalue weighted by atomic mass is 19.1. The van der Waals surface area contributed by atoms with Gasteiger partial charge in [-0.3, -0.25) is 4.98 Å². The molecule has 1 aliphatic carbocycles. The second-order valence-electron chi connectivity index (χ2n) is 7.28. The molecule has 0 bridgehead atoms. The van der Waals surface area contributed by atoms with Crippen molar-refractivity contribution < 1.29 is 13.5 Å². The van der Waals surface area contributed by atoms with E-state index in [1.54, 1.807) is 6.20 Å². The predicted molar refractivity (Wildman–Crippen MR) is 94.8 cm³/mol. The molecule has 1 aliphatic heterocycles. The fourth-order valence-corrected chi connectivity index (χ4v) is 4.15. The summed E-state index contributed by atoms with van der Waals surface area (Å²) in [5.41, 5.74) is 1.09. The lowest BCUT2D eigenvalue weighted by Gasteiger charge is -2.34. The van der Waals surface area contributed by atoms with Crippen molar-refractivity contribution in [3.63, 3.8) is 0 Å². The molecule has 1 aromatic carbocycles. The summed E-state index contributed by atoms with van der Waals surface area (Å²) in [4.78, 5) is 6.27. The molecule has 134 valence electrons. The minimum atomic E-state index is -0.605. The summed E-state index contributed by atoms with van der Waals surface area (Å²) < 4.78 is 33.7. The van der Waals surface area contributed by atoms with Crippen LogP contribution in [-0.4, -0.2) is 30.8 Å². The molecule has 0 N–H and O–H groups in total. The molecule has 0 spiro atoms. The molecule has 25 heavy (non-hydrogen) atoms. The lowest BCUT2D eigenvalue weighted by atomic mass is 10.0. The maximum absolute atomic E-state index is 14.0. The van der Waals surface area contributed by atoms with Crippen molar-refractivity contribution in [3.05, 3.63) is 36.0 Å². The van der Waals surface area contributed by atoms with E-state index < -0.39 is 11.6 Å². The summed E-state index contributed by atoms with van der Waals surface area (Å²) in [6, 6.07) is 4.12.